The maximum absolute atomic E-state index is 11.9. The third-order valence-electron chi connectivity index (χ3n) is 2.66. The molecular weight excluding hydrogens is 260 g/mol. The smallest absolute Gasteiger partial charge is 0.226 e. The summed E-state index contributed by atoms with van der Waals surface area (Å²) < 4.78 is 5.55. The van der Waals surface area contributed by atoms with Crippen LogP contribution in [0.4, 0.5) is 0 Å². The predicted octanol–water partition coefficient (Wildman–Crippen LogP) is 1.90. The van der Waals surface area contributed by atoms with E-state index in [1.165, 1.54) is 0 Å². The van der Waals surface area contributed by atoms with Crippen LogP contribution in [0.1, 0.15) is 18.9 Å². The molecule has 2 N–H and O–H groups in total. The molecule has 1 rings (SSSR count). The first-order valence-corrected chi connectivity index (χ1v) is 6.69. The van der Waals surface area contributed by atoms with Gasteiger partial charge in [-0.1, -0.05) is 24.4 Å². The first kappa shape index (κ1) is 15.4. The molecule has 0 aliphatic rings. The third-order valence-corrected chi connectivity index (χ3v) is 2.78. The van der Waals surface area contributed by atoms with Gasteiger partial charge in [0.15, 0.2) is 0 Å². The van der Waals surface area contributed by atoms with Crippen molar-refractivity contribution in [3.63, 3.8) is 0 Å². The molecule has 0 heterocycles. The summed E-state index contributed by atoms with van der Waals surface area (Å²) in [6.45, 7) is 5.18. The largest absolute Gasteiger partial charge is 0.493 e. The summed E-state index contributed by atoms with van der Waals surface area (Å²) in [7, 11) is 0. The minimum Gasteiger partial charge on any atom is -0.493 e. The quantitative estimate of drug-likeness (QED) is 0.775. The lowest BCUT2D eigenvalue weighted by atomic mass is 10.2. The predicted molar refractivity (Wildman–Crippen MR) is 80.3 cm³/mol. The van der Waals surface area contributed by atoms with Crippen molar-refractivity contribution in [3.8, 4) is 5.75 Å². The van der Waals surface area contributed by atoms with Crippen molar-refractivity contribution in [2.45, 2.75) is 20.3 Å². The number of carbonyl (C=O) groups excluding carboxylic acids is 1. The molecule has 19 heavy (non-hydrogen) atoms. The number of carbonyl (C=O) groups is 1. The molecule has 0 spiro atoms. The van der Waals surface area contributed by atoms with E-state index in [4.69, 9.17) is 22.7 Å². The van der Waals surface area contributed by atoms with Gasteiger partial charge in [-0.2, -0.15) is 0 Å². The fourth-order valence-corrected chi connectivity index (χ4v) is 1.84. The van der Waals surface area contributed by atoms with Crippen LogP contribution in [0.3, 0.4) is 0 Å². The minimum atomic E-state index is 0.00273. The molecule has 0 saturated heterocycles. The van der Waals surface area contributed by atoms with Crippen LogP contribution in [0.5, 0.6) is 5.75 Å². The molecule has 0 aliphatic carbocycles. The summed E-state index contributed by atoms with van der Waals surface area (Å²) in [5.41, 5.74) is 6.58. The van der Waals surface area contributed by atoms with Crippen LogP contribution in [-0.4, -0.2) is 35.5 Å². The van der Waals surface area contributed by atoms with Gasteiger partial charge in [0.05, 0.1) is 24.6 Å². The average molecular weight is 280 g/mol. The van der Waals surface area contributed by atoms with Crippen molar-refractivity contribution in [1.29, 1.82) is 0 Å². The van der Waals surface area contributed by atoms with Crippen molar-refractivity contribution >= 4 is 23.1 Å². The molecule has 1 amide bonds. The molecule has 4 nitrogen and oxygen atoms in total. The number of rotatable bonds is 7. The first-order chi connectivity index (χ1) is 9.02. The van der Waals surface area contributed by atoms with E-state index in [9.17, 15) is 4.79 Å². The van der Waals surface area contributed by atoms with Crippen LogP contribution in [0, 0.1) is 6.92 Å². The molecule has 0 aromatic heterocycles. The molecule has 0 saturated carbocycles. The van der Waals surface area contributed by atoms with E-state index in [-0.39, 0.29) is 5.91 Å². The molecule has 0 unspecified atom stereocenters. The van der Waals surface area contributed by atoms with Gasteiger partial charge in [0.2, 0.25) is 5.91 Å². The second-order valence-corrected chi connectivity index (χ2v) is 4.81. The molecule has 0 aliphatic heterocycles. The Labute approximate surface area is 119 Å². The van der Waals surface area contributed by atoms with Crippen molar-refractivity contribution in [1.82, 2.24) is 4.90 Å². The van der Waals surface area contributed by atoms with E-state index < -0.39 is 0 Å². The maximum Gasteiger partial charge on any atom is 0.226 e. The summed E-state index contributed by atoms with van der Waals surface area (Å²) in [6.07, 6.45) is 0.324. The Hall–Kier alpha value is -1.62. The van der Waals surface area contributed by atoms with Crippen molar-refractivity contribution in [2.75, 3.05) is 19.7 Å². The molecule has 1 aromatic rings. The van der Waals surface area contributed by atoms with Gasteiger partial charge in [-0.3, -0.25) is 4.79 Å². The number of ether oxygens (including phenoxy) is 1. The summed E-state index contributed by atoms with van der Waals surface area (Å²) in [6, 6.07) is 7.75. The lowest BCUT2D eigenvalue weighted by Gasteiger charge is -2.20. The van der Waals surface area contributed by atoms with Crippen LogP contribution in [0.25, 0.3) is 0 Å². The Balaban J connectivity index is 2.39. The Kier molecular flexibility index (Phi) is 6.29. The molecule has 5 heteroatoms. The van der Waals surface area contributed by atoms with E-state index in [2.05, 4.69) is 0 Å². The van der Waals surface area contributed by atoms with E-state index in [0.29, 0.717) is 31.1 Å². The molecule has 0 fully saturated rings. The normalized spacial score (nSPS) is 10.0. The van der Waals surface area contributed by atoms with E-state index in [1.54, 1.807) is 4.90 Å². The van der Waals surface area contributed by atoms with Gasteiger partial charge in [0.25, 0.3) is 0 Å². The summed E-state index contributed by atoms with van der Waals surface area (Å²) >= 11 is 4.81. The topological polar surface area (TPSA) is 55.6 Å². The monoisotopic (exact) mass is 280 g/mol. The molecular formula is C14H20N2O2S. The zero-order valence-electron chi connectivity index (χ0n) is 11.4. The highest BCUT2D eigenvalue weighted by Crippen LogP contribution is 2.12. The highest BCUT2D eigenvalue weighted by molar-refractivity contribution is 7.80. The van der Waals surface area contributed by atoms with E-state index >= 15 is 0 Å². The molecule has 104 valence electrons. The SMILES string of the molecule is CCN(CC(N)=S)C(=O)CCOc1cccc(C)c1. The van der Waals surface area contributed by atoms with E-state index in [0.717, 1.165) is 11.3 Å². The fraction of sp³-hybridized carbons (Fsp3) is 0.429. The van der Waals surface area contributed by atoms with Gasteiger partial charge in [-0.25, -0.2) is 0 Å². The number of aryl methyl sites for hydroxylation is 1. The Morgan fingerprint density at radius 3 is 2.79 bits per heavy atom. The second kappa shape index (κ2) is 7.74. The van der Waals surface area contributed by atoms with Crippen molar-refractivity contribution < 1.29 is 9.53 Å². The molecule has 0 bridgehead atoms. The minimum absolute atomic E-state index is 0.00273. The van der Waals surface area contributed by atoms with Crippen LogP contribution in [-0.2, 0) is 4.79 Å². The van der Waals surface area contributed by atoms with Crippen LogP contribution in [0.2, 0.25) is 0 Å². The Morgan fingerprint density at radius 2 is 2.21 bits per heavy atom. The van der Waals surface area contributed by atoms with Crippen molar-refractivity contribution in [2.24, 2.45) is 5.73 Å². The van der Waals surface area contributed by atoms with Crippen LogP contribution >= 0.6 is 12.2 Å². The van der Waals surface area contributed by atoms with Gasteiger partial charge in [0.1, 0.15) is 5.75 Å². The lowest BCUT2D eigenvalue weighted by Crippen LogP contribution is -2.38. The van der Waals surface area contributed by atoms with Gasteiger partial charge in [0, 0.05) is 6.54 Å². The van der Waals surface area contributed by atoms with Gasteiger partial charge in [-0.05, 0) is 31.5 Å². The fourth-order valence-electron chi connectivity index (χ4n) is 1.68. The number of thiocarbonyl (C=S) groups is 1. The molecule has 0 atom stereocenters. The lowest BCUT2D eigenvalue weighted by molar-refractivity contribution is -0.130. The van der Waals surface area contributed by atoms with Gasteiger partial charge >= 0.3 is 0 Å². The molecule has 1 aromatic carbocycles. The van der Waals surface area contributed by atoms with Gasteiger partial charge in [-0.15, -0.1) is 0 Å². The maximum atomic E-state index is 11.9. The second-order valence-electron chi connectivity index (χ2n) is 4.29. The standard InChI is InChI=1S/C14H20N2O2S/c1-3-16(10-13(15)19)14(17)7-8-18-12-6-4-5-11(2)9-12/h4-6,9H,3,7-8,10H2,1-2H3,(H2,15,19). The molecule has 0 radical (unpaired) electrons. The van der Waals surface area contributed by atoms with Crippen molar-refractivity contribution in [3.05, 3.63) is 29.8 Å². The number of hydrogen-bond donors (Lipinski definition) is 1. The number of nitrogens with two attached hydrogens (primary N) is 1. The highest BCUT2D eigenvalue weighted by atomic mass is 32.1. The average Bonchev–Trinajstić information content (AvgIpc) is 2.35. The number of benzene rings is 1. The Morgan fingerprint density at radius 1 is 1.47 bits per heavy atom. The summed E-state index contributed by atoms with van der Waals surface area (Å²) in [5, 5.41) is 0. The summed E-state index contributed by atoms with van der Waals surface area (Å²) in [4.78, 5) is 13.9. The number of hydrogen-bond acceptors (Lipinski definition) is 3. The Bertz CT molecular complexity index is 449. The number of likely N-dealkylation sites (N-methyl/N-ethyl adjacent to an activating group) is 1. The zero-order valence-corrected chi connectivity index (χ0v) is 12.2. The zero-order chi connectivity index (χ0) is 14.3. The summed E-state index contributed by atoms with van der Waals surface area (Å²) in [5.74, 6) is 0.785. The van der Waals surface area contributed by atoms with Gasteiger partial charge < -0.3 is 15.4 Å². The number of nitrogens with zero attached hydrogens (tertiary/aromatic N) is 1. The number of amides is 1. The van der Waals surface area contributed by atoms with E-state index in [1.807, 2.05) is 38.1 Å². The third kappa shape index (κ3) is 5.70. The first-order valence-electron chi connectivity index (χ1n) is 6.28. The highest BCUT2D eigenvalue weighted by Gasteiger charge is 2.12. The van der Waals surface area contributed by atoms with Crippen LogP contribution in [0.15, 0.2) is 24.3 Å². The van der Waals surface area contributed by atoms with Crippen LogP contribution < -0.4 is 10.5 Å².